The number of nitrogens with zero attached hydrogens (tertiary/aromatic N) is 1. The van der Waals surface area contributed by atoms with E-state index in [1.165, 1.54) is 77.4 Å². The SMILES string of the molecule is C1CCC(CCN(C2CC2)C2CCNC2)CC1. The lowest BCUT2D eigenvalue weighted by atomic mass is 9.87. The maximum Gasteiger partial charge on any atom is 0.0235 e. The van der Waals surface area contributed by atoms with Gasteiger partial charge in [-0.1, -0.05) is 32.1 Å². The van der Waals surface area contributed by atoms with Gasteiger partial charge in [-0.2, -0.15) is 0 Å². The second kappa shape index (κ2) is 5.71. The molecule has 1 unspecified atom stereocenters. The summed E-state index contributed by atoms with van der Waals surface area (Å²) in [4.78, 5) is 2.86. The summed E-state index contributed by atoms with van der Waals surface area (Å²) in [6, 6.07) is 1.83. The zero-order valence-electron chi connectivity index (χ0n) is 11.2. The van der Waals surface area contributed by atoms with Crippen molar-refractivity contribution in [3.05, 3.63) is 0 Å². The second-order valence-corrected chi connectivity index (χ2v) is 6.41. The van der Waals surface area contributed by atoms with Gasteiger partial charge in [0.25, 0.3) is 0 Å². The molecule has 3 aliphatic rings. The van der Waals surface area contributed by atoms with E-state index in [0.717, 1.165) is 18.0 Å². The highest BCUT2D eigenvalue weighted by Gasteiger charge is 2.35. The van der Waals surface area contributed by atoms with E-state index in [2.05, 4.69) is 10.2 Å². The van der Waals surface area contributed by atoms with Crippen LogP contribution in [0.25, 0.3) is 0 Å². The molecule has 2 aliphatic carbocycles. The zero-order chi connectivity index (χ0) is 11.5. The van der Waals surface area contributed by atoms with Crippen molar-refractivity contribution in [2.24, 2.45) is 5.92 Å². The number of hydrogen-bond acceptors (Lipinski definition) is 2. The fourth-order valence-electron chi connectivity index (χ4n) is 3.80. The van der Waals surface area contributed by atoms with E-state index < -0.39 is 0 Å². The molecule has 2 saturated carbocycles. The van der Waals surface area contributed by atoms with Gasteiger partial charge in [0.2, 0.25) is 0 Å². The molecule has 3 fully saturated rings. The van der Waals surface area contributed by atoms with Gasteiger partial charge in [-0.15, -0.1) is 0 Å². The fraction of sp³-hybridized carbons (Fsp3) is 1.00. The van der Waals surface area contributed by atoms with E-state index >= 15 is 0 Å². The average Bonchev–Trinajstić information content (AvgIpc) is 3.06. The summed E-state index contributed by atoms with van der Waals surface area (Å²) in [5.41, 5.74) is 0. The van der Waals surface area contributed by atoms with E-state index in [1.807, 2.05) is 0 Å². The van der Waals surface area contributed by atoms with E-state index in [0.29, 0.717) is 0 Å². The molecule has 2 heteroatoms. The van der Waals surface area contributed by atoms with Crippen molar-refractivity contribution in [1.29, 1.82) is 0 Å². The van der Waals surface area contributed by atoms with Gasteiger partial charge in [-0.25, -0.2) is 0 Å². The number of rotatable bonds is 5. The highest BCUT2D eigenvalue weighted by Crippen LogP contribution is 2.32. The maximum absolute atomic E-state index is 3.53. The van der Waals surface area contributed by atoms with Crippen LogP contribution in [0.15, 0.2) is 0 Å². The Bertz CT molecular complexity index is 225. The second-order valence-electron chi connectivity index (χ2n) is 6.41. The van der Waals surface area contributed by atoms with Crippen molar-refractivity contribution in [3.8, 4) is 0 Å². The molecule has 0 aromatic heterocycles. The summed E-state index contributed by atoms with van der Waals surface area (Å²) in [7, 11) is 0. The Morgan fingerprint density at radius 3 is 2.35 bits per heavy atom. The predicted octanol–water partition coefficient (Wildman–Crippen LogP) is 2.78. The van der Waals surface area contributed by atoms with Crippen LogP contribution >= 0.6 is 0 Å². The highest BCUT2D eigenvalue weighted by molar-refractivity contribution is 4.92. The molecule has 0 aromatic carbocycles. The minimum Gasteiger partial charge on any atom is -0.315 e. The summed E-state index contributed by atoms with van der Waals surface area (Å²) in [6.07, 6.45) is 13.3. The third-order valence-electron chi connectivity index (χ3n) is 5.04. The van der Waals surface area contributed by atoms with Crippen molar-refractivity contribution in [3.63, 3.8) is 0 Å². The molecule has 0 spiro atoms. The Labute approximate surface area is 106 Å². The standard InChI is InChI=1S/C15H28N2/c1-2-4-13(5-3-1)9-11-17(14-6-7-14)15-8-10-16-12-15/h13-16H,1-12H2. The fourth-order valence-corrected chi connectivity index (χ4v) is 3.80. The lowest BCUT2D eigenvalue weighted by Crippen LogP contribution is -2.39. The highest BCUT2D eigenvalue weighted by atomic mass is 15.2. The molecule has 1 atom stereocenters. The molecule has 2 nitrogen and oxygen atoms in total. The number of hydrogen-bond donors (Lipinski definition) is 1. The Morgan fingerprint density at radius 2 is 1.71 bits per heavy atom. The molecule has 0 radical (unpaired) electrons. The monoisotopic (exact) mass is 236 g/mol. The van der Waals surface area contributed by atoms with Crippen LogP contribution in [0, 0.1) is 5.92 Å². The summed E-state index contributed by atoms with van der Waals surface area (Å²) in [6.45, 7) is 3.89. The van der Waals surface area contributed by atoms with E-state index in [-0.39, 0.29) is 0 Å². The lowest BCUT2D eigenvalue weighted by Gasteiger charge is -2.31. The van der Waals surface area contributed by atoms with E-state index in [9.17, 15) is 0 Å². The summed E-state index contributed by atoms with van der Waals surface area (Å²) in [5, 5.41) is 3.53. The molecular weight excluding hydrogens is 208 g/mol. The number of nitrogens with one attached hydrogen (secondary N) is 1. The Morgan fingerprint density at radius 1 is 0.882 bits per heavy atom. The third-order valence-corrected chi connectivity index (χ3v) is 5.04. The third kappa shape index (κ3) is 3.23. The molecule has 3 rings (SSSR count). The van der Waals surface area contributed by atoms with Crippen LogP contribution in [0.5, 0.6) is 0 Å². The molecule has 1 saturated heterocycles. The van der Waals surface area contributed by atoms with Gasteiger partial charge in [0.1, 0.15) is 0 Å². The van der Waals surface area contributed by atoms with Gasteiger partial charge in [0.05, 0.1) is 0 Å². The predicted molar refractivity (Wildman–Crippen MR) is 72.2 cm³/mol. The average molecular weight is 236 g/mol. The van der Waals surface area contributed by atoms with Crippen LogP contribution < -0.4 is 5.32 Å². The Kier molecular flexibility index (Phi) is 4.02. The van der Waals surface area contributed by atoms with Crippen LogP contribution in [0.1, 0.15) is 57.8 Å². The van der Waals surface area contributed by atoms with Gasteiger partial charge >= 0.3 is 0 Å². The topological polar surface area (TPSA) is 15.3 Å². The first-order valence-electron chi connectivity index (χ1n) is 7.90. The van der Waals surface area contributed by atoms with Crippen LogP contribution in [0.2, 0.25) is 0 Å². The Hall–Kier alpha value is -0.0800. The minimum absolute atomic E-state index is 0.867. The van der Waals surface area contributed by atoms with Gasteiger partial charge in [0, 0.05) is 18.6 Å². The first-order valence-corrected chi connectivity index (χ1v) is 7.90. The summed E-state index contributed by atoms with van der Waals surface area (Å²) >= 11 is 0. The maximum atomic E-state index is 3.53. The first-order chi connectivity index (χ1) is 8.43. The van der Waals surface area contributed by atoms with Gasteiger partial charge in [0.15, 0.2) is 0 Å². The molecule has 17 heavy (non-hydrogen) atoms. The minimum atomic E-state index is 0.867. The van der Waals surface area contributed by atoms with Crippen LogP contribution in [0.4, 0.5) is 0 Å². The zero-order valence-corrected chi connectivity index (χ0v) is 11.2. The first kappa shape index (κ1) is 12.0. The smallest absolute Gasteiger partial charge is 0.0235 e. The van der Waals surface area contributed by atoms with E-state index in [1.54, 1.807) is 0 Å². The molecule has 0 aromatic rings. The van der Waals surface area contributed by atoms with Crippen LogP contribution in [-0.2, 0) is 0 Å². The lowest BCUT2D eigenvalue weighted by molar-refractivity contribution is 0.174. The van der Waals surface area contributed by atoms with Gasteiger partial charge < -0.3 is 5.32 Å². The molecule has 1 heterocycles. The van der Waals surface area contributed by atoms with Crippen LogP contribution in [-0.4, -0.2) is 36.6 Å². The van der Waals surface area contributed by atoms with Crippen molar-refractivity contribution in [2.45, 2.75) is 69.9 Å². The molecule has 0 amide bonds. The molecule has 0 bridgehead atoms. The van der Waals surface area contributed by atoms with Crippen LogP contribution in [0.3, 0.4) is 0 Å². The normalized spacial score (nSPS) is 31.2. The largest absolute Gasteiger partial charge is 0.315 e. The Balaban J connectivity index is 1.46. The quantitative estimate of drug-likeness (QED) is 0.789. The molecule has 1 N–H and O–H groups in total. The molecule has 1 aliphatic heterocycles. The van der Waals surface area contributed by atoms with Crippen molar-refractivity contribution < 1.29 is 0 Å². The molecular formula is C15H28N2. The van der Waals surface area contributed by atoms with Gasteiger partial charge in [-0.3, -0.25) is 4.90 Å². The summed E-state index contributed by atoms with van der Waals surface area (Å²) < 4.78 is 0. The molecule has 98 valence electrons. The summed E-state index contributed by atoms with van der Waals surface area (Å²) in [5.74, 6) is 1.05. The van der Waals surface area contributed by atoms with E-state index in [4.69, 9.17) is 0 Å². The van der Waals surface area contributed by atoms with Gasteiger partial charge in [-0.05, 0) is 44.7 Å². The van der Waals surface area contributed by atoms with Crippen molar-refractivity contribution >= 4 is 0 Å². The van der Waals surface area contributed by atoms with Crippen molar-refractivity contribution in [2.75, 3.05) is 19.6 Å². The van der Waals surface area contributed by atoms with Crippen molar-refractivity contribution in [1.82, 2.24) is 10.2 Å².